The van der Waals surface area contributed by atoms with E-state index in [2.05, 4.69) is 25.2 Å². The van der Waals surface area contributed by atoms with E-state index in [4.69, 9.17) is 4.74 Å². The molecule has 2 aliphatic heterocycles. The highest BCUT2D eigenvalue weighted by atomic mass is 35.5. The average molecular weight is 298 g/mol. The minimum absolute atomic E-state index is 0. The minimum atomic E-state index is 0. The van der Waals surface area contributed by atoms with E-state index in [1.807, 2.05) is 6.92 Å². The third-order valence-corrected chi connectivity index (χ3v) is 3.97. The lowest BCUT2D eigenvalue weighted by Gasteiger charge is -2.32. The lowest BCUT2D eigenvalue weighted by atomic mass is 10.2. The van der Waals surface area contributed by atoms with Crippen LogP contribution in [0.15, 0.2) is 0 Å². The molecule has 2 unspecified atom stereocenters. The van der Waals surface area contributed by atoms with E-state index in [0.717, 1.165) is 30.8 Å². The molecule has 2 bridgehead atoms. The molecule has 4 rings (SSSR count). The van der Waals surface area contributed by atoms with Gasteiger partial charge >= 0.3 is 0 Å². The number of nitrogens with zero attached hydrogens (tertiary/aromatic N) is 4. The maximum absolute atomic E-state index is 5.86. The van der Waals surface area contributed by atoms with Gasteiger partial charge in [-0.25, -0.2) is 0 Å². The second kappa shape index (κ2) is 5.33. The minimum Gasteiger partial charge on any atom is -0.371 e. The normalized spacial score (nSPS) is 28.1. The van der Waals surface area contributed by atoms with Crippen LogP contribution in [0.1, 0.15) is 31.5 Å². The van der Waals surface area contributed by atoms with Gasteiger partial charge in [0.25, 0.3) is 0 Å². The van der Waals surface area contributed by atoms with Crippen molar-refractivity contribution in [1.29, 1.82) is 0 Å². The van der Waals surface area contributed by atoms with Gasteiger partial charge < -0.3 is 15.0 Å². The number of aromatic nitrogens is 3. The Morgan fingerprint density at radius 2 is 1.75 bits per heavy atom. The molecule has 3 aliphatic rings. The van der Waals surface area contributed by atoms with E-state index in [1.165, 1.54) is 25.7 Å². The molecule has 0 radical (unpaired) electrons. The number of nitrogens with one attached hydrogen (secondary N) is 1. The van der Waals surface area contributed by atoms with Gasteiger partial charge in [-0.3, -0.25) is 0 Å². The fourth-order valence-electron chi connectivity index (χ4n) is 2.86. The Morgan fingerprint density at radius 1 is 1.05 bits per heavy atom. The van der Waals surface area contributed by atoms with Gasteiger partial charge in [-0.05, 0) is 32.6 Å². The molecule has 1 aliphatic carbocycles. The van der Waals surface area contributed by atoms with E-state index in [0.29, 0.717) is 18.2 Å². The van der Waals surface area contributed by atoms with Gasteiger partial charge in [-0.15, -0.1) is 12.4 Å². The van der Waals surface area contributed by atoms with Crippen molar-refractivity contribution in [3.8, 4) is 0 Å². The number of hydrogen-bond acceptors (Lipinski definition) is 6. The van der Waals surface area contributed by atoms with E-state index in [9.17, 15) is 0 Å². The molecule has 0 aromatic carbocycles. The third-order valence-electron chi connectivity index (χ3n) is 3.97. The van der Waals surface area contributed by atoms with Crippen LogP contribution in [0.5, 0.6) is 0 Å². The molecule has 2 atom stereocenters. The van der Waals surface area contributed by atoms with Crippen LogP contribution in [-0.2, 0) is 4.74 Å². The molecule has 2 saturated heterocycles. The molecular weight excluding hydrogens is 278 g/mol. The first-order valence-corrected chi connectivity index (χ1v) is 7.16. The summed E-state index contributed by atoms with van der Waals surface area (Å²) in [4.78, 5) is 15.7. The van der Waals surface area contributed by atoms with Crippen molar-refractivity contribution in [3.63, 3.8) is 0 Å². The largest absolute Gasteiger partial charge is 0.371 e. The molecule has 20 heavy (non-hydrogen) atoms. The van der Waals surface area contributed by atoms with Crippen LogP contribution >= 0.6 is 12.4 Å². The van der Waals surface area contributed by atoms with E-state index < -0.39 is 0 Å². The molecule has 1 saturated carbocycles. The molecule has 6 nitrogen and oxygen atoms in total. The van der Waals surface area contributed by atoms with Crippen molar-refractivity contribution in [2.45, 2.75) is 50.9 Å². The van der Waals surface area contributed by atoms with Gasteiger partial charge in [0.2, 0.25) is 11.9 Å². The number of anilines is 2. The predicted octanol–water partition coefficient (Wildman–Crippen LogP) is 1.54. The summed E-state index contributed by atoms with van der Waals surface area (Å²) >= 11 is 0. The lowest BCUT2D eigenvalue weighted by Crippen LogP contribution is -2.43. The highest BCUT2D eigenvalue weighted by Crippen LogP contribution is 2.29. The van der Waals surface area contributed by atoms with Crippen LogP contribution in [0, 0.1) is 6.92 Å². The summed E-state index contributed by atoms with van der Waals surface area (Å²) in [6, 6.07) is 0.565. The molecule has 0 amide bonds. The number of aryl methyl sites for hydroxylation is 1. The van der Waals surface area contributed by atoms with E-state index in [1.54, 1.807) is 0 Å². The third kappa shape index (κ3) is 2.81. The summed E-state index contributed by atoms with van der Waals surface area (Å²) in [7, 11) is 0. The molecular formula is C13H20ClN5O. The summed E-state index contributed by atoms with van der Waals surface area (Å²) in [6.07, 6.45) is 5.49. The van der Waals surface area contributed by atoms with Crippen LogP contribution in [0.25, 0.3) is 0 Å². The second-order valence-electron chi connectivity index (χ2n) is 5.79. The summed E-state index contributed by atoms with van der Waals surface area (Å²) < 4.78 is 5.86. The zero-order valence-electron chi connectivity index (χ0n) is 11.6. The first-order valence-electron chi connectivity index (χ1n) is 7.16. The van der Waals surface area contributed by atoms with Crippen LogP contribution in [0.3, 0.4) is 0 Å². The number of morpholine rings is 1. The monoisotopic (exact) mass is 297 g/mol. The topological polar surface area (TPSA) is 63.2 Å². The Bertz CT molecular complexity index is 484. The summed E-state index contributed by atoms with van der Waals surface area (Å²) in [5, 5.41) is 3.35. The van der Waals surface area contributed by atoms with Crippen molar-refractivity contribution < 1.29 is 4.74 Å². The predicted molar refractivity (Wildman–Crippen MR) is 78.6 cm³/mol. The number of hydrogen-bond donors (Lipinski definition) is 1. The Labute approximate surface area is 124 Å². The zero-order valence-corrected chi connectivity index (χ0v) is 12.4. The Morgan fingerprint density at radius 3 is 2.40 bits per heavy atom. The van der Waals surface area contributed by atoms with E-state index in [-0.39, 0.29) is 12.4 Å². The molecule has 3 heterocycles. The summed E-state index contributed by atoms with van der Waals surface area (Å²) in [6.45, 7) is 3.74. The summed E-state index contributed by atoms with van der Waals surface area (Å²) in [5.41, 5.74) is 0. The van der Waals surface area contributed by atoms with Gasteiger partial charge in [0.05, 0.1) is 12.2 Å². The Balaban J connectivity index is 0.00000121. The maximum atomic E-state index is 5.86. The molecule has 7 heteroatoms. The second-order valence-corrected chi connectivity index (χ2v) is 5.79. The fourth-order valence-corrected chi connectivity index (χ4v) is 2.86. The highest BCUT2D eigenvalue weighted by Gasteiger charge is 2.35. The Kier molecular flexibility index (Phi) is 3.69. The first-order chi connectivity index (χ1) is 9.26. The van der Waals surface area contributed by atoms with Crippen LogP contribution in [0.4, 0.5) is 11.9 Å². The number of fused-ring (bicyclic) bond motifs is 2. The molecule has 0 spiro atoms. The van der Waals surface area contributed by atoms with Crippen LogP contribution < -0.4 is 10.2 Å². The lowest BCUT2D eigenvalue weighted by molar-refractivity contribution is 0.0299. The van der Waals surface area contributed by atoms with Crippen LogP contribution in [-0.4, -0.2) is 46.3 Å². The number of ether oxygens (including phenoxy) is 1. The van der Waals surface area contributed by atoms with Gasteiger partial charge in [-0.1, -0.05) is 0 Å². The molecule has 1 aromatic heterocycles. The van der Waals surface area contributed by atoms with Crippen molar-refractivity contribution in [1.82, 2.24) is 15.0 Å². The molecule has 1 N–H and O–H groups in total. The first kappa shape index (κ1) is 13.8. The number of halogens is 1. The quantitative estimate of drug-likeness (QED) is 0.913. The van der Waals surface area contributed by atoms with Crippen molar-refractivity contribution in [3.05, 3.63) is 5.82 Å². The van der Waals surface area contributed by atoms with E-state index >= 15 is 0 Å². The van der Waals surface area contributed by atoms with Gasteiger partial charge in [0.15, 0.2) is 0 Å². The van der Waals surface area contributed by atoms with Gasteiger partial charge in [-0.2, -0.15) is 15.0 Å². The van der Waals surface area contributed by atoms with Crippen molar-refractivity contribution in [2.75, 3.05) is 23.3 Å². The molecule has 3 fully saturated rings. The molecule has 1 aromatic rings. The van der Waals surface area contributed by atoms with Gasteiger partial charge in [0, 0.05) is 19.1 Å². The highest BCUT2D eigenvalue weighted by molar-refractivity contribution is 5.85. The average Bonchev–Trinajstić information content (AvgIpc) is 3.13. The SMILES string of the molecule is Cc1nc(NC2CC2)nc(N2CC3CCC(C2)O3)n1.Cl. The van der Waals surface area contributed by atoms with Crippen molar-refractivity contribution >= 4 is 24.3 Å². The van der Waals surface area contributed by atoms with Crippen molar-refractivity contribution in [2.24, 2.45) is 0 Å². The zero-order chi connectivity index (χ0) is 12.8. The standard InChI is InChI=1S/C13H19N5O.ClH/c1-8-14-12(16-9-2-3-9)17-13(15-8)18-6-10-4-5-11(7-18)19-10;/h9-11H,2-7H2,1H3,(H,14,15,16,17);1H. The Hall–Kier alpha value is -1.14. The summed E-state index contributed by atoms with van der Waals surface area (Å²) in [5.74, 6) is 2.31. The van der Waals surface area contributed by atoms with Gasteiger partial charge in [0.1, 0.15) is 5.82 Å². The maximum Gasteiger partial charge on any atom is 0.230 e. The molecule has 110 valence electrons. The smallest absolute Gasteiger partial charge is 0.230 e. The van der Waals surface area contributed by atoms with Crippen LogP contribution in [0.2, 0.25) is 0 Å². The number of rotatable bonds is 3. The fraction of sp³-hybridized carbons (Fsp3) is 0.769.